The monoisotopic (exact) mass is 373 g/mol. The van der Waals surface area contributed by atoms with Crippen LogP contribution in [0.3, 0.4) is 0 Å². The van der Waals surface area contributed by atoms with Crippen molar-refractivity contribution in [3.63, 3.8) is 0 Å². The summed E-state index contributed by atoms with van der Waals surface area (Å²) in [6.45, 7) is 0.952. The second-order valence-electron chi connectivity index (χ2n) is 5.04. The van der Waals surface area contributed by atoms with E-state index < -0.39 is 0 Å². The predicted molar refractivity (Wildman–Crippen MR) is 100 cm³/mol. The van der Waals surface area contributed by atoms with E-state index in [4.69, 9.17) is 4.74 Å². The molecule has 0 atom stereocenters. The maximum Gasteiger partial charge on any atom is 0.337 e. The van der Waals surface area contributed by atoms with Crippen molar-refractivity contribution in [2.24, 2.45) is 0 Å². The van der Waals surface area contributed by atoms with Gasteiger partial charge < -0.3 is 10.1 Å². The molecule has 2 aromatic carbocycles. The van der Waals surface area contributed by atoms with Crippen molar-refractivity contribution in [1.29, 1.82) is 0 Å². The predicted octanol–water partition coefficient (Wildman–Crippen LogP) is 4.84. The number of ether oxygens (including phenoxy) is 1. The van der Waals surface area contributed by atoms with Gasteiger partial charge in [0.1, 0.15) is 0 Å². The Hall–Kier alpha value is -2.07. The number of esters is 1. The molecule has 0 radical (unpaired) electrons. The Morgan fingerprint density at radius 2 is 1.87 bits per heavy atom. The quantitative estimate of drug-likeness (QED) is 0.326. The first-order valence-electron chi connectivity index (χ1n) is 7.49. The van der Waals surface area contributed by atoms with E-state index in [-0.39, 0.29) is 5.97 Å². The lowest BCUT2D eigenvalue weighted by Crippen LogP contribution is -2.01. The van der Waals surface area contributed by atoms with Crippen molar-refractivity contribution >= 4 is 39.7 Å². The summed E-state index contributed by atoms with van der Waals surface area (Å²) < 4.78 is 4.69. The number of carbonyl (C=O) groups excluding carboxylic acids is 1. The van der Waals surface area contributed by atoms with Gasteiger partial charge in [-0.05, 0) is 41.8 Å². The van der Waals surface area contributed by atoms with Crippen LogP contribution in [-0.2, 0) is 4.74 Å². The molecular weight excluding hydrogens is 354 g/mol. The molecule has 0 amide bonds. The van der Waals surface area contributed by atoms with Crippen molar-refractivity contribution < 1.29 is 9.53 Å². The topological polar surface area (TPSA) is 38.3 Å². The molecule has 0 saturated heterocycles. The first kappa shape index (κ1) is 17.3. The van der Waals surface area contributed by atoms with E-state index >= 15 is 0 Å². The van der Waals surface area contributed by atoms with Gasteiger partial charge in [0.05, 0.1) is 12.7 Å². The number of nitrogens with one attached hydrogen (secondary N) is 1. The van der Waals surface area contributed by atoms with Crippen LogP contribution in [0.25, 0.3) is 12.2 Å². The molecular formula is C19H20BrNO2. The highest BCUT2D eigenvalue weighted by atomic mass is 79.9. The lowest BCUT2D eigenvalue weighted by molar-refractivity contribution is 0.0601. The fourth-order valence-corrected chi connectivity index (χ4v) is 2.37. The van der Waals surface area contributed by atoms with Crippen molar-refractivity contribution in [3.05, 3.63) is 65.2 Å². The highest BCUT2D eigenvalue weighted by Gasteiger charge is 2.03. The molecule has 0 spiro atoms. The van der Waals surface area contributed by atoms with E-state index in [1.807, 2.05) is 24.3 Å². The molecule has 0 aliphatic rings. The SMILES string of the molecule is COC(=O)c1ccc(C=Cc2cccc(NCCCBr)c2)cc1. The lowest BCUT2D eigenvalue weighted by atomic mass is 10.1. The van der Waals surface area contributed by atoms with Gasteiger partial charge >= 0.3 is 5.97 Å². The molecule has 0 aromatic heterocycles. The minimum absolute atomic E-state index is 0.317. The summed E-state index contributed by atoms with van der Waals surface area (Å²) >= 11 is 3.43. The van der Waals surface area contributed by atoms with E-state index in [2.05, 4.69) is 45.5 Å². The maximum absolute atomic E-state index is 11.4. The van der Waals surface area contributed by atoms with E-state index in [0.717, 1.165) is 35.1 Å². The number of rotatable bonds is 7. The summed E-state index contributed by atoms with van der Waals surface area (Å²) in [5.41, 5.74) is 3.85. The first-order chi connectivity index (χ1) is 11.2. The van der Waals surface area contributed by atoms with Crippen LogP contribution in [0.5, 0.6) is 0 Å². The Balaban J connectivity index is 2.02. The minimum Gasteiger partial charge on any atom is -0.465 e. The van der Waals surface area contributed by atoms with Gasteiger partial charge in [-0.2, -0.15) is 0 Å². The molecule has 23 heavy (non-hydrogen) atoms. The van der Waals surface area contributed by atoms with Crippen molar-refractivity contribution in [3.8, 4) is 0 Å². The number of hydrogen-bond acceptors (Lipinski definition) is 3. The van der Waals surface area contributed by atoms with Crippen LogP contribution in [0.4, 0.5) is 5.69 Å². The standard InChI is InChI=1S/C19H20BrNO2/c1-23-19(22)17-10-8-15(9-11-17)6-7-16-4-2-5-18(14-16)21-13-3-12-20/h2,4-11,14,21H,3,12-13H2,1H3. The number of benzene rings is 2. The van der Waals surface area contributed by atoms with E-state index in [9.17, 15) is 4.79 Å². The molecule has 0 fully saturated rings. The molecule has 0 heterocycles. The zero-order valence-electron chi connectivity index (χ0n) is 13.1. The van der Waals surface area contributed by atoms with Crippen LogP contribution < -0.4 is 5.32 Å². The summed E-state index contributed by atoms with van der Waals surface area (Å²) in [7, 11) is 1.38. The Morgan fingerprint density at radius 1 is 1.13 bits per heavy atom. The Morgan fingerprint density at radius 3 is 2.57 bits per heavy atom. The molecule has 3 nitrogen and oxygen atoms in total. The third kappa shape index (κ3) is 5.57. The summed E-state index contributed by atoms with van der Waals surface area (Å²) in [4.78, 5) is 11.4. The van der Waals surface area contributed by atoms with Crippen molar-refractivity contribution in [1.82, 2.24) is 0 Å². The molecule has 1 N–H and O–H groups in total. The molecule has 2 aromatic rings. The maximum atomic E-state index is 11.4. The molecule has 0 bridgehead atoms. The van der Waals surface area contributed by atoms with Crippen LogP contribution >= 0.6 is 15.9 Å². The largest absolute Gasteiger partial charge is 0.465 e. The zero-order chi connectivity index (χ0) is 16.5. The smallest absolute Gasteiger partial charge is 0.337 e. The Bertz CT molecular complexity index is 665. The van der Waals surface area contributed by atoms with E-state index in [0.29, 0.717) is 5.56 Å². The van der Waals surface area contributed by atoms with Gasteiger partial charge in [0.15, 0.2) is 0 Å². The number of carbonyl (C=O) groups is 1. The van der Waals surface area contributed by atoms with Crippen molar-refractivity contribution in [2.75, 3.05) is 24.3 Å². The number of anilines is 1. The molecule has 2 rings (SSSR count). The second kappa shape index (κ2) is 9.16. The number of halogens is 1. The van der Waals surface area contributed by atoms with Gasteiger partial charge in [0, 0.05) is 17.6 Å². The van der Waals surface area contributed by atoms with E-state index in [1.54, 1.807) is 12.1 Å². The normalized spacial score (nSPS) is 10.7. The highest BCUT2D eigenvalue weighted by Crippen LogP contribution is 2.14. The van der Waals surface area contributed by atoms with Crippen LogP contribution in [-0.4, -0.2) is 25.0 Å². The Labute approximate surface area is 145 Å². The zero-order valence-corrected chi connectivity index (χ0v) is 14.7. The van der Waals surface area contributed by atoms with Crippen LogP contribution in [0.2, 0.25) is 0 Å². The minimum atomic E-state index is -0.317. The van der Waals surface area contributed by atoms with Gasteiger partial charge in [0.2, 0.25) is 0 Å². The number of methoxy groups -OCH3 is 1. The third-order valence-electron chi connectivity index (χ3n) is 3.33. The highest BCUT2D eigenvalue weighted by molar-refractivity contribution is 9.09. The lowest BCUT2D eigenvalue weighted by Gasteiger charge is -2.05. The van der Waals surface area contributed by atoms with Gasteiger partial charge in [-0.15, -0.1) is 0 Å². The average molecular weight is 374 g/mol. The molecule has 0 unspecified atom stereocenters. The average Bonchev–Trinajstić information content (AvgIpc) is 2.60. The number of alkyl halides is 1. The summed E-state index contributed by atoms with van der Waals surface area (Å²) in [6, 6.07) is 15.6. The second-order valence-corrected chi connectivity index (χ2v) is 5.83. The van der Waals surface area contributed by atoms with Crippen LogP contribution in [0.1, 0.15) is 27.9 Å². The van der Waals surface area contributed by atoms with E-state index in [1.165, 1.54) is 7.11 Å². The Kier molecular flexibility index (Phi) is 6.88. The fourth-order valence-electron chi connectivity index (χ4n) is 2.09. The summed E-state index contributed by atoms with van der Waals surface area (Å²) in [6.07, 6.45) is 5.17. The molecule has 0 aliphatic carbocycles. The summed E-state index contributed by atoms with van der Waals surface area (Å²) in [5, 5.41) is 4.40. The van der Waals surface area contributed by atoms with Crippen LogP contribution in [0.15, 0.2) is 48.5 Å². The van der Waals surface area contributed by atoms with Gasteiger partial charge in [-0.25, -0.2) is 4.79 Å². The number of hydrogen-bond donors (Lipinski definition) is 1. The fraction of sp³-hybridized carbons (Fsp3) is 0.211. The van der Waals surface area contributed by atoms with Gasteiger partial charge in [-0.1, -0.05) is 52.3 Å². The van der Waals surface area contributed by atoms with Crippen LogP contribution in [0, 0.1) is 0 Å². The molecule has 120 valence electrons. The third-order valence-corrected chi connectivity index (χ3v) is 3.89. The van der Waals surface area contributed by atoms with Gasteiger partial charge in [0.25, 0.3) is 0 Å². The first-order valence-corrected chi connectivity index (χ1v) is 8.61. The molecule has 0 saturated carbocycles. The molecule has 0 aliphatic heterocycles. The summed E-state index contributed by atoms with van der Waals surface area (Å²) in [5.74, 6) is -0.317. The van der Waals surface area contributed by atoms with Gasteiger partial charge in [-0.3, -0.25) is 0 Å². The molecule has 4 heteroatoms. The van der Waals surface area contributed by atoms with Crippen molar-refractivity contribution in [2.45, 2.75) is 6.42 Å².